The highest BCUT2D eigenvalue weighted by molar-refractivity contribution is 5.72. The summed E-state index contributed by atoms with van der Waals surface area (Å²) in [6, 6.07) is 10.9. The summed E-state index contributed by atoms with van der Waals surface area (Å²) in [6.07, 6.45) is 3.59. The molecule has 120 valence electrons. The van der Waals surface area contributed by atoms with E-state index in [2.05, 4.69) is 91.8 Å². The van der Waals surface area contributed by atoms with Crippen molar-refractivity contribution >= 4 is 5.57 Å². The second kappa shape index (κ2) is 5.41. The first-order chi connectivity index (χ1) is 9.93. The van der Waals surface area contributed by atoms with Gasteiger partial charge in [-0.2, -0.15) is 0 Å². The highest BCUT2D eigenvalue weighted by atomic mass is 14.4. The van der Waals surface area contributed by atoms with Crippen LogP contribution in [0.15, 0.2) is 47.6 Å². The van der Waals surface area contributed by atoms with Gasteiger partial charge in [-0.3, -0.25) is 0 Å². The Bertz CT molecular complexity index is 596. The molecule has 1 aromatic rings. The minimum Gasteiger partial charge on any atom is -0.0622 e. The second-order valence-electron chi connectivity index (χ2n) is 9.38. The third-order valence-corrected chi connectivity index (χ3v) is 4.60. The second-order valence-corrected chi connectivity index (χ2v) is 9.38. The number of hydrogen-bond acceptors (Lipinski definition) is 0. The van der Waals surface area contributed by atoms with Crippen LogP contribution in [0.5, 0.6) is 0 Å². The third kappa shape index (κ3) is 3.37. The molecular weight excluding hydrogens is 264 g/mol. The molecule has 0 nitrogen and oxygen atoms in total. The summed E-state index contributed by atoms with van der Waals surface area (Å²) in [5, 5.41) is 0. The summed E-state index contributed by atoms with van der Waals surface area (Å²) in [5.74, 6) is 0. The first-order valence-corrected chi connectivity index (χ1v) is 8.45. The standard InChI is InChI=1S/C22H32/c1-20(2,3)18-14-17(16-12-10-9-11-13-16)15-22(7,8)19(18)21(4,5)6/h9-14H,15H2,1-8H3. The molecule has 0 bridgehead atoms. The van der Waals surface area contributed by atoms with E-state index in [0.717, 1.165) is 6.42 Å². The van der Waals surface area contributed by atoms with Gasteiger partial charge in [0.25, 0.3) is 0 Å². The van der Waals surface area contributed by atoms with Crippen LogP contribution in [0.2, 0.25) is 0 Å². The van der Waals surface area contributed by atoms with E-state index in [1.54, 1.807) is 5.57 Å². The van der Waals surface area contributed by atoms with Gasteiger partial charge in [0.05, 0.1) is 0 Å². The molecule has 22 heavy (non-hydrogen) atoms. The largest absolute Gasteiger partial charge is 0.0622 e. The van der Waals surface area contributed by atoms with Crippen LogP contribution in [0.4, 0.5) is 0 Å². The minimum absolute atomic E-state index is 0.167. The Kier molecular flexibility index (Phi) is 4.19. The molecule has 0 saturated heterocycles. The Labute approximate surface area is 137 Å². The summed E-state index contributed by atoms with van der Waals surface area (Å²) in [7, 11) is 0. The maximum atomic E-state index is 2.47. The summed E-state index contributed by atoms with van der Waals surface area (Å²) >= 11 is 0. The summed E-state index contributed by atoms with van der Waals surface area (Å²) < 4.78 is 0. The molecule has 1 aromatic carbocycles. The van der Waals surface area contributed by atoms with Gasteiger partial charge in [0, 0.05) is 0 Å². The summed E-state index contributed by atoms with van der Waals surface area (Å²) in [4.78, 5) is 0. The van der Waals surface area contributed by atoms with Gasteiger partial charge in [0.2, 0.25) is 0 Å². The van der Waals surface area contributed by atoms with Crippen molar-refractivity contribution in [2.24, 2.45) is 16.2 Å². The average molecular weight is 296 g/mol. The fourth-order valence-electron chi connectivity index (χ4n) is 4.07. The molecule has 2 rings (SSSR count). The molecule has 0 heterocycles. The molecular formula is C22H32. The summed E-state index contributed by atoms with van der Waals surface area (Å²) in [6.45, 7) is 18.9. The fraction of sp³-hybridized carbons (Fsp3) is 0.545. The molecule has 0 N–H and O–H groups in total. The van der Waals surface area contributed by atoms with Crippen LogP contribution >= 0.6 is 0 Å². The lowest BCUT2D eigenvalue weighted by Gasteiger charge is -2.45. The van der Waals surface area contributed by atoms with Gasteiger partial charge in [-0.25, -0.2) is 0 Å². The van der Waals surface area contributed by atoms with E-state index in [9.17, 15) is 0 Å². The molecule has 0 fully saturated rings. The van der Waals surface area contributed by atoms with E-state index in [1.807, 2.05) is 0 Å². The van der Waals surface area contributed by atoms with E-state index in [1.165, 1.54) is 16.7 Å². The zero-order valence-electron chi connectivity index (χ0n) is 15.7. The molecule has 0 atom stereocenters. The molecule has 0 spiro atoms. The number of hydrogen-bond donors (Lipinski definition) is 0. The molecule has 1 aliphatic rings. The van der Waals surface area contributed by atoms with Gasteiger partial charge >= 0.3 is 0 Å². The lowest BCUT2D eigenvalue weighted by atomic mass is 9.60. The van der Waals surface area contributed by atoms with Crippen molar-refractivity contribution in [2.45, 2.75) is 61.8 Å². The van der Waals surface area contributed by atoms with Gasteiger partial charge in [0.1, 0.15) is 0 Å². The molecule has 0 unspecified atom stereocenters. The lowest BCUT2D eigenvalue weighted by Crippen LogP contribution is -2.32. The number of benzene rings is 1. The SMILES string of the molecule is CC(C)(C)C1=C(C(C)(C)C)C(C)(C)CC(c2ccccc2)=C1. The Morgan fingerprint density at radius 1 is 0.818 bits per heavy atom. The highest BCUT2D eigenvalue weighted by Gasteiger charge is 2.39. The molecule has 0 radical (unpaired) electrons. The van der Waals surface area contributed by atoms with E-state index < -0.39 is 0 Å². The predicted molar refractivity (Wildman–Crippen MR) is 98.8 cm³/mol. The van der Waals surface area contributed by atoms with Crippen molar-refractivity contribution in [3.63, 3.8) is 0 Å². The van der Waals surface area contributed by atoms with E-state index >= 15 is 0 Å². The van der Waals surface area contributed by atoms with Crippen LogP contribution < -0.4 is 0 Å². The van der Waals surface area contributed by atoms with E-state index in [0.29, 0.717) is 0 Å². The predicted octanol–water partition coefficient (Wildman–Crippen LogP) is 6.89. The molecule has 0 amide bonds. The Hall–Kier alpha value is -1.30. The monoisotopic (exact) mass is 296 g/mol. The maximum Gasteiger partial charge on any atom is -0.00928 e. The van der Waals surface area contributed by atoms with Crippen LogP contribution in [-0.4, -0.2) is 0 Å². The van der Waals surface area contributed by atoms with Crippen LogP contribution in [0.1, 0.15) is 67.4 Å². The van der Waals surface area contributed by atoms with E-state index in [4.69, 9.17) is 0 Å². The van der Waals surface area contributed by atoms with Crippen molar-refractivity contribution in [1.29, 1.82) is 0 Å². The normalized spacial score (nSPS) is 19.2. The Balaban J connectivity index is 2.70. The van der Waals surface area contributed by atoms with Crippen molar-refractivity contribution < 1.29 is 0 Å². The zero-order chi connectivity index (χ0) is 16.8. The first-order valence-electron chi connectivity index (χ1n) is 8.45. The van der Waals surface area contributed by atoms with Crippen molar-refractivity contribution in [3.05, 3.63) is 53.1 Å². The van der Waals surface area contributed by atoms with Crippen LogP contribution in [0.25, 0.3) is 5.57 Å². The Morgan fingerprint density at radius 2 is 1.36 bits per heavy atom. The third-order valence-electron chi connectivity index (χ3n) is 4.60. The minimum atomic E-state index is 0.167. The van der Waals surface area contributed by atoms with Crippen LogP contribution in [0.3, 0.4) is 0 Å². The van der Waals surface area contributed by atoms with Crippen molar-refractivity contribution in [3.8, 4) is 0 Å². The van der Waals surface area contributed by atoms with Crippen LogP contribution in [-0.2, 0) is 0 Å². The number of rotatable bonds is 1. The van der Waals surface area contributed by atoms with Gasteiger partial charge in [-0.1, -0.05) is 97.4 Å². The lowest BCUT2D eigenvalue weighted by molar-refractivity contribution is 0.318. The summed E-state index contributed by atoms with van der Waals surface area (Å²) in [5.41, 5.74) is 6.54. The molecule has 0 saturated carbocycles. The quantitative estimate of drug-likeness (QED) is 0.529. The van der Waals surface area contributed by atoms with Gasteiger partial charge in [0.15, 0.2) is 0 Å². The highest BCUT2D eigenvalue weighted by Crippen LogP contribution is 2.53. The van der Waals surface area contributed by atoms with Crippen molar-refractivity contribution in [1.82, 2.24) is 0 Å². The molecule has 0 aromatic heterocycles. The van der Waals surface area contributed by atoms with Crippen molar-refractivity contribution in [2.75, 3.05) is 0 Å². The van der Waals surface area contributed by atoms with Gasteiger partial charge in [-0.05, 0) is 39.4 Å². The zero-order valence-corrected chi connectivity index (χ0v) is 15.7. The molecule has 1 aliphatic carbocycles. The number of allylic oxidation sites excluding steroid dienone is 4. The fourth-order valence-corrected chi connectivity index (χ4v) is 4.07. The Morgan fingerprint density at radius 3 is 1.82 bits per heavy atom. The van der Waals surface area contributed by atoms with Gasteiger partial charge in [-0.15, -0.1) is 0 Å². The molecule has 0 heteroatoms. The van der Waals surface area contributed by atoms with Crippen LogP contribution in [0, 0.1) is 16.2 Å². The smallest absolute Gasteiger partial charge is 0.00928 e. The van der Waals surface area contributed by atoms with E-state index in [-0.39, 0.29) is 16.2 Å². The first kappa shape index (κ1) is 17.1. The van der Waals surface area contributed by atoms with Gasteiger partial charge < -0.3 is 0 Å². The average Bonchev–Trinajstić information content (AvgIpc) is 2.35. The maximum absolute atomic E-state index is 2.47. The topological polar surface area (TPSA) is 0 Å². The molecule has 0 aliphatic heterocycles.